The molecule has 4 bridgehead atoms. The lowest BCUT2D eigenvalue weighted by atomic mass is 9.43. The molecule has 16 heavy (non-hydrogen) atoms. The van der Waals surface area contributed by atoms with Crippen LogP contribution in [0.2, 0.25) is 0 Å². The van der Waals surface area contributed by atoms with Gasteiger partial charge in [-0.3, -0.25) is 0 Å². The minimum atomic E-state index is 0.795. The van der Waals surface area contributed by atoms with E-state index in [9.17, 15) is 0 Å². The number of hydrogen-bond acceptors (Lipinski definition) is 0. The third kappa shape index (κ3) is 1.48. The van der Waals surface area contributed by atoms with Gasteiger partial charge in [-0.1, -0.05) is 26.7 Å². The Morgan fingerprint density at radius 1 is 0.875 bits per heavy atom. The Morgan fingerprint density at radius 2 is 1.44 bits per heavy atom. The maximum atomic E-state index is 2.48. The van der Waals surface area contributed by atoms with Gasteiger partial charge < -0.3 is 0 Å². The number of rotatable bonds is 4. The summed E-state index contributed by atoms with van der Waals surface area (Å²) >= 11 is 0. The summed E-state index contributed by atoms with van der Waals surface area (Å²) in [5.74, 6) is 4.54. The highest BCUT2D eigenvalue weighted by Gasteiger charge is 2.55. The van der Waals surface area contributed by atoms with E-state index >= 15 is 0 Å². The predicted octanol–water partition coefficient (Wildman–Crippen LogP) is 5.03. The summed E-state index contributed by atoms with van der Waals surface area (Å²) in [5.41, 5.74) is 0.795. The molecule has 0 aromatic heterocycles. The van der Waals surface area contributed by atoms with E-state index in [0.29, 0.717) is 0 Å². The summed E-state index contributed by atoms with van der Waals surface area (Å²) in [6.45, 7) is 4.84. The molecule has 0 aliphatic heterocycles. The number of hydrogen-bond donors (Lipinski definition) is 0. The Bertz CT molecular complexity index is 225. The van der Waals surface area contributed by atoms with Crippen molar-refractivity contribution in [2.45, 2.75) is 71.6 Å². The monoisotopic (exact) mass is 220 g/mol. The molecule has 4 saturated carbocycles. The highest BCUT2D eigenvalue weighted by Crippen LogP contribution is 2.65. The van der Waals surface area contributed by atoms with Crippen LogP contribution in [0.3, 0.4) is 0 Å². The zero-order valence-corrected chi connectivity index (χ0v) is 11.2. The van der Waals surface area contributed by atoms with Crippen molar-refractivity contribution in [1.82, 2.24) is 0 Å². The molecule has 0 aromatic carbocycles. The molecular formula is C16H28. The van der Waals surface area contributed by atoms with Gasteiger partial charge >= 0.3 is 0 Å². The summed E-state index contributed by atoms with van der Waals surface area (Å²) in [4.78, 5) is 0. The molecule has 0 unspecified atom stereocenters. The minimum Gasteiger partial charge on any atom is -0.0654 e. The molecule has 4 rings (SSSR count). The van der Waals surface area contributed by atoms with Crippen molar-refractivity contribution < 1.29 is 0 Å². The molecule has 92 valence electrons. The highest BCUT2D eigenvalue weighted by molar-refractivity contribution is 5.05. The van der Waals surface area contributed by atoms with Gasteiger partial charge in [-0.15, -0.1) is 0 Å². The van der Waals surface area contributed by atoms with E-state index in [-0.39, 0.29) is 0 Å². The summed E-state index contributed by atoms with van der Waals surface area (Å²) < 4.78 is 0. The molecule has 0 N–H and O–H groups in total. The van der Waals surface area contributed by atoms with Crippen LogP contribution in [0.5, 0.6) is 0 Å². The molecule has 0 nitrogen and oxygen atoms in total. The van der Waals surface area contributed by atoms with Crippen LogP contribution in [0, 0.1) is 29.1 Å². The molecule has 0 amide bonds. The molecule has 0 heterocycles. The third-order valence-electron chi connectivity index (χ3n) is 6.42. The van der Waals surface area contributed by atoms with Gasteiger partial charge in [-0.2, -0.15) is 0 Å². The van der Waals surface area contributed by atoms with Crippen molar-refractivity contribution in [2.24, 2.45) is 29.1 Å². The Hall–Kier alpha value is 0. The van der Waals surface area contributed by atoms with Crippen LogP contribution in [0.4, 0.5) is 0 Å². The fourth-order valence-electron chi connectivity index (χ4n) is 5.79. The van der Waals surface area contributed by atoms with Crippen molar-refractivity contribution >= 4 is 0 Å². The highest BCUT2D eigenvalue weighted by atomic mass is 14.6. The van der Waals surface area contributed by atoms with E-state index in [0.717, 1.165) is 29.1 Å². The van der Waals surface area contributed by atoms with Crippen LogP contribution in [-0.4, -0.2) is 0 Å². The van der Waals surface area contributed by atoms with Crippen LogP contribution in [-0.2, 0) is 0 Å². The maximum absolute atomic E-state index is 2.48. The molecule has 0 atom stereocenters. The van der Waals surface area contributed by atoms with Gasteiger partial charge in [0.1, 0.15) is 0 Å². The van der Waals surface area contributed by atoms with Crippen LogP contribution in [0.15, 0.2) is 0 Å². The van der Waals surface area contributed by atoms with E-state index in [1.807, 2.05) is 0 Å². The summed E-state index contributed by atoms with van der Waals surface area (Å²) in [5, 5.41) is 0. The summed E-state index contributed by atoms with van der Waals surface area (Å²) in [6.07, 6.45) is 13.9. The Balaban J connectivity index is 1.82. The average molecular weight is 220 g/mol. The quantitative estimate of drug-likeness (QED) is 0.623. The van der Waals surface area contributed by atoms with Crippen LogP contribution in [0.1, 0.15) is 71.6 Å². The molecule has 4 aliphatic carbocycles. The first kappa shape index (κ1) is 11.1. The second kappa shape index (κ2) is 4.03. The standard InChI is InChI=1S/C16H28/c1-3-5-6-16(4-2)14-8-12-7-13(10-14)11-15(16)9-12/h12-15H,3-11H2,1-2H3. The van der Waals surface area contributed by atoms with E-state index in [1.165, 1.54) is 19.3 Å². The van der Waals surface area contributed by atoms with Crippen molar-refractivity contribution in [1.29, 1.82) is 0 Å². The van der Waals surface area contributed by atoms with Gasteiger partial charge in [-0.25, -0.2) is 0 Å². The third-order valence-corrected chi connectivity index (χ3v) is 6.42. The molecule has 0 aromatic rings. The fraction of sp³-hybridized carbons (Fsp3) is 1.00. The zero-order valence-electron chi connectivity index (χ0n) is 11.2. The SMILES string of the molecule is CCCCC1(CC)C2CC3CC(C2)CC1C3. The summed E-state index contributed by atoms with van der Waals surface area (Å²) in [6, 6.07) is 0. The largest absolute Gasteiger partial charge is 0.0654 e. The first-order valence-corrected chi connectivity index (χ1v) is 7.78. The van der Waals surface area contributed by atoms with Crippen molar-refractivity contribution in [2.75, 3.05) is 0 Å². The van der Waals surface area contributed by atoms with Gasteiger partial charge in [0.25, 0.3) is 0 Å². The molecule has 0 saturated heterocycles. The lowest BCUT2D eigenvalue weighted by Crippen LogP contribution is -2.52. The van der Waals surface area contributed by atoms with E-state index in [4.69, 9.17) is 0 Å². The van der Waals surface area contributed by atoms with Gasteiger partial charge in [0.2, 0.25) is 0 Å². The van der Waals surface area contributed by atoms with Crippen LogP contribution >= 0.6 is 0 Å². The molecule has 4 fully saturated rings. The van der Waals surface area contributed by atoms with Gasteiger partial charge in [0.15, 0.2) is 0 Å². The Morgan fingerprint density at radius 3 is 1.88 bits per heavy atom. The second-order valence-electron chi connectivity index (χ2n) is 6.99. The maximum Gasteiger partial charge on any atom is -0.0243 e. The average Bonchev–Trinajstić information content (AvgIpc) is 2.28. The van der Waals surface area contributed by atoms with Crippen LogP contribution in [0.25, 0.3) is 0 Å². The summed E-state index contributed by atoms with van der Waals surface area (Å²) in [7, 11) is 0. The first-order valence-electron chi connectivity index (χ1n) is 7.78. The molecular weight excluding hydrogens is 192 g/mol. The molecule has 4 aliphatic rings. The molecule has 0 heteroatoms. The smallest absolute Gasteiger partial charge is 0.0243 e. The zero-order chi connectivity index (χ0) is 11.2. The normalized spacial score (nSPS) is 49.9. The van der Waals surface area contributed by atoms with Crippen molar-refractivity contribution in [3.63, 3.8) is 0 Å². The van der Waals surface area contributed by atoms with Gasteiger partial charge in [0.05, 0.1) is 0 Å². The van der Waals surface area contributed by atoms with Crippen molar-refractivity contribution in [3.05, 3.63) is 0 Å². The first-order chi connectivity index (χ1) is 7.78. The van der Waals surface area contributed by atoms with Gasteiger partial charge in [0, 0.05) is 0 Å². The number of unbranched alkanes of at least 4 members (excludes halogenated alkanes) is 1. The van der Waals surface area contributed by atoms with E-state index in [2.05, 4.69) is 13.8 Å². The van der Waals surface area contributed by atoms with E-state index < -0.39 is 0 Å². The topological polar surface area (TPSA) is 0 Å². The van der Waals surface area contributed by atoms with Crippen molar-refractivity contribution in [3.8, 4) is 0 Å². The minimum absolute atomic E-state index is 0.795. The second-order valence-corrected chi connectivity index (χ2v) is 6.99. The van der Waals surface area contributed by atoms with Crippen LogP contribution < -0.4 is 0 Å². The fourth-order valence-corrected chi connectivity index (χ4v) is 5.79. The predicted molar refractivity (Wildman–Crippen MR) is 69.3 cm³/mol. The van der Waals surface area contributed by atoms with E-state index in [1.54, 1.807) is 38.5 Å². The lowest BCUT2D eigenvalue weighted by Gasteiger charge is -2.61. The lowest BCUT2D eigenvalue weighted by molar-refractivity contribution is -0.116. The molecule has 0 spiro atoms. The van der Waals surface area contributed by atoms with Gasteiger partial charge in [-0.05, 0) is 74.0 Å². The Kier molecular flexibility index (Phi) is 2.80. The Labute approximate surface area is 101 Å². The molecule has 0 radical (unpaired) electrons.